The number of ether oxygens (including phenoxy) is 1. The summed E-state index contributed by atoms with van der Waals surface area (Å²) in [6.45, 7) is 2.37. The van der Waals surface area contributed by atoms with Crippen LogP contribution in [-0.4, -0.2) is 24.5 Å². The lowest BCUT2D eigenvalue weighted by Gasteiger charge is -2.17. The molecular formula is C13H17N3O3. The summed E-state index contributed by atoms with van der Waals surface area (Å²) >= 11 is 0. The van der Waals surface area contributed by atoms with Gasteiger partial charge in [0.05, 0.1) is 0 Å². The van der Waals surface area contributed by atoms with Gasteiger partial charge in [-0.3, -0.25) is 15.0 Å². The standard InChI is InChI=1S/C13H17N3O3/c1-9(13(18)15-14)19-11-6-4-10(5-7-11)16-8-2-3-12(16)17/h4-7,9H,2-3,8,14H2,1H3,(H,15,18). The van der Waals surface area contributed by atoms with Gasteiger partial charge in [-0.1, -0.05) is 0 Å². The highest BCUT2D eigenvalue weighted by Gasteiger charge is 2.21. The zero-order chi connectivity index (χ0) is 13.8. The third-order valence-electron chi connectivity index (χ3n) is 3.05. The number of nitrogens with one attached hydrogen (secondary N) is 1. The number of anilines is 1. The average molecular weight is 263 g/mol. The summed E-state index contributed by atoms with van der Waals surface area (Å²) in [5, 5.41) is 0. The van der Waals surface area contributed by atoms with E-state index in [0.717, 1.165) is 18.7 Å². The Labute approximate surface area is 111 Å². The molecule has 2 amide bonds. The number of amides is 2. The molecule has 6 nitrogen and oxygen atoms in total. The van der Waals surface area contributed by atoms with Crippen molar-refractivity contribution in [2.45, 2.75) is 25.9 Å². The van der Waals surface area contributed by atoms with E-state index in [2.05, 4.69) is 0 Å². The van der Waals surface area contributed by atoms with E-state index in [1.165, 1.54) is 0 Å². The molecular weight excluding hydrogens is 246 g/mol. The first-order chi connectivity index (χ1) is 9.11. The second kappa shape index (κ2) is 5.71. The molecule has 19 heavy (non-hydrogen) atoms. The van der Waals surface area contributed by atoms with Gasteiger partial charge in [-0.15, -0.1) is 0 Å². The summed E-state index contributed by atoms with van der Waals surface area (Å²) in [7, 11) is 0. The van der Waals surface area contributed by atoms with E-state index in [1.807, 2.05) is 17.6 Å². The maximum atomic E-state index is 11.6. The second-order valence-corrected chi connectivity index (χ2v) is 4.41. The van der Waals surface area contributed by atoms with Crippen LogP contribution >= 0.6 is 0 Å². The number of hydrogen-bond donors (Lipinski definition) is 2. The van der Waals surface area contributed by atoms with Crippen LogP contribution < -0.4 is 20.9 Å². The van der Waals surface area contributed by atoms with Crippen LogP contribution in [0.5, 0.6) is 5.75 Å². The van der Waals surface area contributed by atoms with E-state index in [1.54, 1.807) is 24.0 Å². The monoisotopic (exact) mass is 263 g/mol. The smallest absolute Gasteiger partial charge is 0.274 e. The van der Waals surface area contributed by atoms with Crippen LogP contribution in [0, 0.1) is 0 Å². The van der Waals surface area contributed by atoms with Crippen LogP contribution in [0.4, 0.5) is 5.69 Å². The summed E-state index contributed by atoms with van der Waals surface area (Å²) in [5.74, 6) is 5.34. The summed E-state index contributed by atoms with van der Waals surface area (Å²) < 4.78 is 5.42. The Bertz CT molecular complexity index is 473. The van der Waals surface area contributed by atoms with Gasteiger partial charge >= 0.3 is 0 Å². The molecule has 1 aromatic carbocycles. The number of carbonyl (C=O) groups excluding carboxylic acids is 2. The number of carbonyl (C=O) groups is 2. The Balaban J connectivity index is 2.02. The number of nitrogens with zero attached hydrogens (tertiary/aromatic N) is 1. The molecule has 102 valence electrons. The number of benzene rings is 1. The van der Waals surface area contributed by atoms with Gasteiger partial charge in [-0.25, -0.2) is 5.84 Å². The van der Waals surface area contributed by atoms with Crippen molar-refractivity contribution in [1.82, 2.24) is 5.43 Å². The minimum absolute atomic E-state index is 0.143. The normalized spacial score (nSPS) is 16.3. The Morgan fingerprint density at radius 3 is 2.63 bits per heavy atom. The van der Waals surface area contributed by atoms with Gasteiger partial charge < -0.3 is 9.64 Å². The number of nitrogens with two attached hydrogens (primary N) is 1. The quantitative estimate of drug-likeness (QED) is 0.472. The van der Waals surface area contributed by atoms with Crippen molar-refractivity contribution in [3.63, 3.8) is 0 Å². The number of hydrogen-bond acceptors (Lipinski definition) is 4. The topological polar surface area (TPSA) is 84.7 Å². The molecule has 1 heterocycles. The molecule has 0 radical (unpaired) electrons. The van der Waals surface area contributed by atoms with Crippen molar-refractivity contribution in [2.24, 2.45) is 5.84 Å². The van der Waals surface area contributed by atoms with E-state index < -0.39 is 12.0 Å². The third kappa shape index (κ3) is 3.03. The van der Waals surface area contributed by atoms with Gasteiger partial charge in [-0.05, 0) is 37.6 Å². The van der Waals surface area contributed by atoms with Crippen molar-refractivity contribution in [1.29, 1.82) is 0 Å². The number of rotatable bonds is 4. The first-order valence-corrected chi connectivity index (χ1v) is 6.19. The lowest BCUT2D eigenvalue weighted by Crippen LogP contribution is -2.40. The SMILES string of the molecule is CC(Oc1ccc(N2CCCC2=O)cc1)C(=O)NN. The molecule has 6 heteroatoms. The van der Waals surface area contributed by atoms with Crippen LogP contribution in [0.3, 0.4) is 0 Å². The zero-order valence-corrected chi connectivity index (χ0v) is 10.8. The molecule has 1 aromatic rings. The summed E-state index contributed by atoms with van der Waals surface area (Å²) in [6.07, 6.45) is 0.834. The van der Waals surface area contributed by atoms with Crippen LogP contribution in [0.15, 0.2) is 24.3 Å². The van der Waals surface area contributed by atoms with Gasteiger partial charge in [0.2, 0.25) is 5.91 Å². The van der Waals surface area contributed by atoms with Gasteiger partial charge in [0, 0.05) is 18.7 Å². The van der Waals surface area contributed by atoms with E-state index in [9.17, 15) is 9.59 Å². The average Bonchev–Trinajstić information content (AvgIpc) is 2.85. The van der Waals surface area contributed by atoms with Crippen molar-refractivity contribution in [3.8, 4) is 5.75 Å². The molecule has 0 spiro atoms. The van der Waals surface area contributed by atoms with Crippen LogP contribution in [-0.2, 0) is 9.59 Å². The first-order valence-electron chi connectivity index (χ1n) is 6.19. The Morgan fingerprint density at radius 1 is 1.42 bits per heavy atom. The molecule has 1 fully saturated rings. The second-order valence-electron chi connectivity index (χ2n) is 4.41. The summed E-state index contributed by atoms with van der Waals surface area (Å²) in [4.78, 5) is 24.6. The maximum Gasteiger partial charge on any atom is 0.274 e. The first kappa shape index (κ1) is 13.4. The van der Waals surface area contributed by atoms with Crippen molar-refractivity contribution in [3.05, 3.63) is 24.3 Å². The van der Waals surface area contributed by atoms with E-state index in [4.69, 9.17) is 10.6 Å². The van der Waals surface area contributed by atoms with E-state index in [0.29, 0.717) is 12.2 Å². The fraction of sp³-hybridized carbons (Fsp3) is 0.385. The minimum Gasteiger partial charge on any atom is -0.481 e. The third-order valence-corrected chi connectivity index (χ3v) is 3.05. The van der Waals surface area contributed by atoms with Crippen molar-refractivity contribution < 1.29 is 14.3 Å². The Morgan fingerprint density at radius 2 is 2.11 bits per heavy atom. The number of hydrazine groups is 1. The van der Waals surface area contributed by atoms with Gasteiger partial charge in [0.25, 0.3) is 5.91 Å². The zero-order valence-electron chi connectivity index (χ0n) is 10.8. The largest absolute Gasteiger partial charge is 0.481 e. The Hall–Kier alpha value is -2.08. The predicted molar refractivity (Wildman–Crippen MR) is 70.4 cm³/mol. The molecule has 3 N–H and O–H groups in total. The van der Waals surface area contributed by atoms with Crippen LogP contribution in [0.1, 0.15) is 19.8 Å². The molecule has 1 unspecified atom stereocenters. The molecule has 0 bridgehead atoms. The van der Waals surface area contributed by atoms with Gasteiger partial charge in [0.15, 0.2) is 6.10 Å². The van der Waals surface area contributed by atoms with Crippen LogP contribution in [0.25, 0.3) is 0 Å². The Kier molecular flexibility index (Phi) is 4.01. The highest BCUT2D eigenvalue weighted by Crippen LogP contribution is 2.24. The summed E-state index contributed by atoms with van der Waals surface area (Å²) in [6, 6.07) is 7.10. The van der Waals surface area contributed by atoms with Crippen molar-refractivity contribution in [2.75, 3.05) is 11.4 Å². The van der Waals surface area contributed by atoms with Gasteiger partial charge in [-0.2, -0.15) is 0 Å². The molecule has 2 rings (SSSR count). The fourth-order valence-corrected chi connectivity index (χ4v) is 2.00. The molecule has 1 aliphatic heterocycles. The highest BCUT2D eigenvalue weighted by molar-refractivity contribution is 5.95. The molecule has 1 aliphatic rings. The lowest BCUT2D eigenvalue weighted by molar-refractivity contribution is -0.127. The van der Waals surface area contributed by atoms with Crippen LogP contribution in [0.2, 0.25) is 0 Å². The van der Waals surface area contributed by atoms with E-state index >= 15 is 0 Å². The molecule has 1 atom stereocenters. The maximum absolute atomic E-state index is 11.6. The lowest BCUT2D eigenvalue weighted by atomic mass is 10.2. The summed E-state index contributed by atoms with van der Waals surface area (Å²) in [5.41, 5.74) is 2.88. The molecule has 0 aliphatic carbocycles. The molecule has 0 saturated carbocycles. The fourth-order valence-electron chi connectivity index (χ4n) is 2.00. The highest BCUT2D eigenvalue weighted by atomic mass is 16.5. The molecule has 0 aromatic heterocycles. The minimum atomic E-state index is -0.663. The van der Waals surface area contributed by atoms with Gasteiger partial charge in [0.1, 0.15) is 5.75 Å². The predicted octanol–water partition coefficient (Wildman–Crippen LogP) is 0.571. The van der Waals surface area contributed by atoms with Crippen molar-refractivity contribution >= 4 is 17.5 Å². The van der Waals surface area contributed by atoms with E-state index in [-0.39, 0.29) is 5.91 Å². The molecule has 1 saturated heterocycles.